The molecule has 0 radical (unpaired) electrons. The highest BCUT2D eigenvalue weighted by atomic mass is 16.5. The fraction of sp³-hybridized carbons (Fsp3) is 0.821. The van der Waals surface area contributed by atoms with Gasteiger partial charge in [0.15, 0.2) is 0 Å². The minimum Gasteiger partial charge on any atom is -0.460 e. The monoisotopic (exact) mass is 463 g/mol. The molecular weight excluding hydrogens is 414 g/mol. The topological polar surface area (TPSA) is 63.7 Å². The van der Waals surface area contributed by atoms with E-state index in [1.165, 1.54) is 76.5 Å². The van der Waals surface area contributed by atoms with E-state index in [1.54, 1.807) is 0 Å². The van der Waals surface area contributed by atoms with E-state index in [0.29, 0.717) is 12.8 Å². The molecule has 5 heteroatoms. The van der Waals surface area contributed by atoms with Crippen molar-refractivity contribution in [1.82, 2.24) is 4.90 Å². The van der Waals surface area contributed by atoms with Gasteiger partial charge in [-0.1, -0.05) is 76.9 Å². The number of nitrogens with zero attached hydrogens (tertiary/aromatic N) is 1. The average molecular weight is 464 g/mol. The number of esters is 1. The van der Waals surface area contributed by atoms with Crippen molar-refractivity contribution in [3.8, 4) is 0 Å². The van der Waals surface area contributed by atoms with E-state index < -0.39 is 0 Å². The first-order valence-corrected chi connectivity index (χ1v) is 13.6. The highest BCUT2D eigenvalue weighted by molar-refractivity contribution is 5.93. The molecular formula is C28H49NO4. The molecule has 0 N–H and O–H groups in total. The SMILES string of the molecule is CCCCCCCCC=CCCCCCCCC(=O)O[C@@H]1CCCC[C@H]1N(C(C)=O)C(C)=O. The van der Waals surface area contributed by atoms with Gasteiger partial charge in [0, 0.05) is 20.3 Å². The number of allylic oxidation sites excluding steroid dienone is 2. The minimum atomic E-state index is -0.359. The van der Waals surface area contributed by atoms with Gasteiger partial charge in [-0.2, -0.15) is 0 Å². The lowest BCUT2D eigenvalue weighted by Crippen LogP contribution is -2.51. The van der Waals surface area contributed by atoms with E-state index >= 15 is 0 Å². The van der Waals surface area contributed by atoms with E-state index in [4.69, 9.17) is 4.74 Å². The molecule has 5 nitrogen and oxygen atoms in total. The lowest BCUT2D eigenvalue weighted by atomic mass is 9.91. The lowest BCUT2D eigenvalue weighted by molar-refractivity contribution is -0.162. The molecule has 0 saturated heterocycles. The van der Waals surface area contributed by atoms with Crippen LogP contribution < -0.4 is 0 Å². The summed E-state index contributed by atoms with van der Waals surface area (Å²) in [6.07, 6.45) is 24.0. The number of carbonyl (C=O) groups is 3. The quantitative estimate of drug-likeness (QED) is 0.129. The largest absolute Gasteiger partial charge is 0.460 e. The van der Waals surface area contributed by atoms with Crippen molar-refractivity contribution < 1.29 is 19.1 Å². The minimum absolute atomic E-state index is 0.198. The predicted molar refractivity (Wildman–Crippen MR) is 135 cm³/mol. The molecule has 1 saturated carbocycles. The highest BCUT2D eigenvalue weighted by Crippen LogP contribution is 2.27. The lowest BCUT2D eigenvalue weighted by Gasteiger charge is -2.37. The molecule has 0 unspecified atom stereocenters. The summed E-state index contributed by atoms with van der Waals surface area (Å²) in [5, 5.41) is 0. The van der Waals surface area contributed by atoms with Crippen molar-refractivity contribution in [3.05, 3.63) is 12.2 Å². The molecule has 2 atom stereocenters. The second kappa shape index (κ2) is 18.7. The molecule has 0 aromatic rings. The molecule has 0 heterocycles. The van der Waals surface area contributed by atoms with Gasteiger partial charge in [0.05, 0.1) is 6.04 Å². The first-order valence-electron chi connectivity index (χ1n) is 13.6. The van der Waals surface area contributed by atoms with Gasteiger partial charge >= 0.3 is 5.97 Å². The summed E-state index contributed by atoms with van der Waals surface area (Å²) in [6.45, 7) is 5.06. The van der Waals surface area contributed by atoms with Crippen LogP contribution in [0.15, 0.2) is 12.2 Å². The molecule has 1 aliphatic carbocycles. The maximum absolute atomic E-state index is 12.3. The number of hydrogen-bond acceptors (Lipinski definition) is 4. The van der Waals surface area contributed by atoms with E-state index in [0.717, 1.165) is 44.9 Å². The summed E-state index contributed by atoms with van der Waals surface area (Å²) in [5.41, 5.74) is 0. The second-order valence-electron chi connectivity index (χ2n) is 9.62. The maximum Gasteiger partial charge on any atom is 0.306 e. The Hall–Kier alpha value is -1.65. The first kappa shape index (κ1) is 29.4. The summed E-state index contributed by atoms with van der Waals surface area (Å²) in [6, 6.07) is -0.313. The summed E-state index contributed by atoms with van der Waals surface area (Å²) in [4.78, 5) is 37.4. The molecule has 1 rings (SSSR count). The molecule has 0 aromatic heterocycles. The van der Waals surface area contributed by atoms with E-state index in [9.17, 15) is 14.4 Å². The van der Waals surface area contributed by atoms with Gasteiger partial charge in [-0.15, -0.1) is 0 Å². The van der Waals surface area contributed by atoms with Crippen LogP contribution in [0.3, 0.4) is 0 Å². The third kappa shape index (κ3) is 13.6. The van der Waals surface area contributed by atoms with Crippen molar-refractivity contribution in [1.29, 1.82) is 0 Å². The number of imide groups is 1. The molecule has 0 bridgehead atoms. The van der Waals surface area contributed by atoms with E-state index in [-0.39, 0.29) is 29.9 Å². The fourth-order valence-corrected chi connectivity index (χ4v) is 4.77. The van der Waals surface area contributed by atoms with E-state index in [1.807, 2.05) is 0 Å². The van der Waals surface area contributed by atoms with Crippen molar-refractivity contribution in [2.24, 2.45) is 0 Å². The Balaban J connectivity index is 2.09. The zero-order valence-corrected chi connectivity index (χ0v) is 21.6. The van der Waals surface area contributed by atoms with Crippen LogP contribution in [0.5, 0.6) is 0 Å². The zero-order valence-electron chi connectivity index (χ0n) is 21.6. The van der Waals surface area contributed by atoms with Crippen LogP contribution in [0.25, 0.3) is 0 Å². The van der Waals surface area contributed by atoms with Gasteiger partial charge in [-0.25, -0.2) is 0 Å². The van der Waals surface area contributed by atoms with Gasteiger partial charge in [-0.05, 0) is 51.4 Å². The van der Waals surface area contributed by atoms with Gasteiger partial charge < -0.3 is 4.74 Å². The van der Waals surface area contributed by atoms with Crippen LogP contribution in [0.2, 0.25) is 0 Å². The molecule has 0 spiro atoms. The van der Waals surface area contributed by atoms with Crippen LogP contribution >= 0.6 is 0 Å². The van der Waals surface area contributed by atoms with Crippen molar-refractivity contribution in [3.63, 3.8) is 0 Å². The van der Waals surface area contributed by atoms with Crippen LogP contribution in [0.4, 0.5) is 0 Å². The Morgan fingerprint density at radius 2 is 1.27 bits per heavy atom. The number of ether oxygens (including phenoxy) is 1. The standard InChI is InChI=1S/C28H49NO4/c1-4-5-6-7-8-9-10-11-12-13-14-15-16-17-18-23-28(32)33-27-22-20-19-21-26(27)29(24(2)30)25(3)31/h11-12,26-27H,4-10,13-23H2,1-3H3/t26-,27-/m1/s1. The fourth-order valence-electron chi connectivity index (χ4n) is 4.77. The number of hydrogen-bond donors (Lipinski definition) is 0. The van der Waals surface area contributed by atoms with Crippen LogP contribution in [-0.4, -0.2) is 34.8 Å². The second-order valence-corrected chi connectivity index (χ2v) is 9.62. The zero-order chi connectivity index (χ0) is 24.3. The average Bonchev–Trinajstić information content (AvgIpc) is 2.77. The smallest absolute Gasteiger partial charge is 0.306 e. The molecule has 190 valence electrons. The van der Waals surface area contributed by atoms with Crippen LogP contribution in [-0.2, 0) is 19.1 Å². The van der Waals surface area contributed by atoms with Gasteiger partial charge in [0.2, 0.25) is 11.8 Å². The summed E-state index contributed by atoms with van der Waals surface area (Å²) in [7, 11) is 0. The molecule has 33 heavy (non-hydrogen) atoms. The van der Waals surface area contributed by atoms with Crippen molar-refractivity contribution in [2.75, 3.05) is 0 Å². The molecule has 0 aliphatic heterocycles. The number of carbonyl (C=O) groups excluding carboxylic acids is 3. The summed E-state index contributed by atoms with van der Waals surface area (Å²) >= 11 is 0. The molecule has 2 amide bonds. The third-order valence-corrected chi connectivity index (χ3v) is 6.60. The number of unbranched alkanes of at least 4 members (excludes halogenated alkanes) is 11. The number of rotatable bonds is 17. The Kier molecular flexibility index (Phi) is 16.7. The Morgan fingerprint density at radius 3 is 1.85 bits per heavy atom. The van der Waals surface area contributed by atoms with Crippen LogP contribution in [0.1, 0.15) is 136 Å². The highest BCUT2D eigenvalue weighted by Gasteiger charge is 2.36. The Morgan fingerprint density at radius 1 is 0.758 bits per heavy atom. The van der Waals surface area contributed by atoms with Crippen molar-refractivity contribution >= 4 is 17.8 Å². The maximum atomic E-state index is 12.3. The predicted octanol–water partition coefficient (Wildman–Crippen LogP) is 7.27. The van der Waals surface area contributed by atoms with Gasteiger partial charge in [0.1, 0.15) is 6.10 Å². The van der Waals surface area contributed by atoms with E-state index in [2.05, 4.69) is 19.1 Å². The third-order valence-electron chi connectivity index (χ3n) is 6.60. The van der Waals surface area contributed by atoms with Crippen molar-refractivity contribution in [2.45, 2.75) is 148 Å². The molecule has 1 aliphatic rings. The molecule has 1 fully saturated rings. The van der Waals surface area contributed by atoms with Crippen LogP contribution in [0, 0.1) is 0 Å². The van der Waals surface area contributed by atoms with Gasteiger partial charge in [0.25, 0.3) is 0 Å². The summed E-state index contributed by atoms with van der Waals surface area (Å²) < 4.78 is 5.71. The molecule has 0 aromatic carbocycles. The number of amides is 2. The Bertz CT molecular complexity index is 572. The van der Waals surface area contributed by atoms with Gasteiger partial charge in [-0.3, -0.25) is 19.3 Å². The normalized spacial score (nSPS) is 18.4. The summed E-state index contributed by atoms with van der Waals surface area (Å²) in [5.74, 6) is -0.739. The first-order chi connectivity index (χ1) is 16.0. The Labute approximate surface area is 202 Å².